The van der Waals surface area contributed by atoms with E-state index in [1.165, 1.54) is 25.7 Å². The minimum Gasteiger partial charge on any atom is -0.396 e. The third-order valence-electron chi connectivity index (χ3n) is 2.81. The van der Waals surface area contributed by atoms with Crippen LogP contribution in [0.25, 0.3) is 0 Å². The van der Waals surface area contributed by atoms with E-state index in [1.807, 2.05) is 0 Å². The molecular weight excluding hydrogens is 188 g/mol. The third-order valence-corrected chi connectivity index (χ3v) is 2.81. The monoisotopic (exact) mass is 216 g/mol. The van der Waals surface area contributed by atoms with Gasteiger partial charge in [-0.15, -0.1) is 0 Å². The van der Waals surface area contributed by atoms with Gasteiger partial charge in [-0.2, -0.15) is 0 Å². The fourth-order valence-corrected chi connectivity index (χ4v) is 1.68. The lowest BCUT2D eigenvalue weighted by molar-refractivity contribution is 0.141. The van der Waals surface area contributed by atoms with E-state index in [9.17, 15) is 0 Å². The van der Waals surface area contributed by atoms with E-state index < -0.39 is 0 Å². The molecular formula is C13H28O2. The summed E-state index contributed by atoms with van der Waals surface area (Å²) in [7, 11) is 0. The van der Waals surface area contributed by atoms with Crippen molar-refractivity contribution in [3.8, 4) is 0 Å². The lowest BCUT2D eigenvalue weighted by atomic mass is 9.89. The number of rotatable bonds is 8. The zero-order valence-electron chi connectivity index (χ0n) is 10.6. The Bertz CT molecular complexity index is 134. The third kappa shape index (κ3) is 10.2. The molecule has 0 radical (unpaired) electrons. The van der Waals surface area contributed by atoms with E-state index >= 15 is 0 Å². The Labute approximate surface area is 94.7 Å². The number of hydrogen-bond acceptors (Lipinski definition) is 2. The lowest BCUT2D eigenvalue weighted by Crippen LogP contribution is -2.10. The highest BCUT2D eigenvalue weighted by Crippen LogP contribution is 2.22. The summed E-state index contributed by atoms with van der Waals surface area (Å²) in [6.07, 6.45) is 7.19. The molecule has 2 nitrogen and oxygen atoms in total. The Hall–Kier alpha value is -0.0800. The maximum Gasteiger partial charge on any atom is 0.0481 e. The first-order valence-electron chi connectivity index (χ1n) is 6.21. The summed E-state index contributed by atoms with van der Waals surface area (Å²) in [6.45, 7) is 7.08. The van der Waals surface area contributed by atoms with Crippen LogP contribution in [0.1, 0.15) is 59.3 Å². The van der Waals surface area contributed by atoms with E-state index in [0.29, 0.717) is 5.41 Å². The Kier molecular flexibility index (Phi) is 8.07. The SMILES string of the molecule is CC(C)(C)CCCCCCC(CO)CO. The van der Waals surface area contributed by atoms with Crippen molar-refractivity contribution in [1.29, 1.82) is 0 Å². The molecule has 2 N–H and O–H groups in total. The van der Waals surface area contributed by atoms with Gasteiger partial charge in [-0.05, 0) is 18.3 Å². The largest absolute Gasteiger partial charge is 0.396 e. The molecule has 0 unspecified atom stereocenters. The van der Waals surface area contributed by atoms with Crippen LogP contribution in [0.5, 0.6) is 0 Å². The second-order valence-electron chi connectivity index (χ2n) is 5.74. The second kappa shape index (κ2) is 8.12. The molecule has 0 aliphatic heterocycles. The molecule has 0 aliphatic rings. The van der Waals surface area contributed by atoms with Crippen molar-refractivity contribution in [3.63, 3.8) is 0 Å². The van der Waals surface area contributed by atoms with E-state index in [0.717, 1.165) is 12.8 Å². The second-order valence-corrected chi connectivity index (χ2v) is 5.74. The molecule has 0 aromatic carbocycles. The maximum absolute atomic E-state index is 8.88. The van der Waals surface area contributed by atoms with Crippen molar-refractivity contribution in [2.24, 2.45) is 11.3 Å². The van der Waals surface area contributed by atoms with Crippen LogP contribution in [0.15, 0.2) is 0 Å². The van der Waals surface area contributed by atoms with Gasteiger partial charge >= 0.3 is 0 Å². The molecule has 0 amide bonds. The predicted molar refractivity (Wildman–Crippen MR) is 64.8 cm³/mol. The smallest absolute Gasteiger partial charge is 0.0481 e. The first-order valence-corrected chi connectivity index (χ1v) is 6.21. The minimum atomic E-state index is 0.104. The summed E-state index contributed by atoms with van der Waals surface area (Å²) in [5.74, 6) is 0.104. The highest BCUT2D eigenvalue weighted by molar-refractivity contribution is 4.61. The molecule has 92 valence electrons. The van der Waals surface area contributed by atoms with Crippen molar-refractivity contribution in [2.45, 2.75) is 59.3 Å². The Morgan fingerprint density at radius 3 is 1.87 bits per heavy atom. The van der Waals surface area contributed by atoms with E-state index in [-0.39, 0.29) is 19.1 Å². The average molecular weight is 216 g/mol. The minimum absolute atomic E-state index is 0.104. The Morgan fingerprint density at radius 2 is 1.40 bits per heavy atom. The molecule has 0 rings (SSSR count). The fourth-order valence-electron chi connectivity index (χ4n) is 1.68. The number of hydrogen-bond donors (Lipinski definition) is 2. The van der Waals surface area contributed by atoms with Crippen LogP contribution in [0.4, 0.5) is 0 Å². The molecule has 0 bridgehead atoms. The number of aliphatic hydroxyl groups excluding tert-OH is 2. The Balaban J connectivity index is 3.25. The maximum atomic E-state index is 8.88. The van der Waals surface area contributed by atoms with Crippen molar-refractivity contribution < 1.29 is 10.2 Å². The summed E-state index contributed by atoms with van der Waals surface area (Å²) in [6, 6.07) is 0. The molecule has 0 heterocycles. The quantitative estimate of drug-likeness (QED) is 0.612. The molecule has 0 spiro atoms. The van der Waals surface area contributed by atoms with Crippen LogP contribution in [0, 0.1) is 11.3 Å². The van der Waals surface area contributed by atoms with E-state index in [4.69, 9.17) is 10.2 Å². The van der Waals surface area contributed by atoms with Crippen molar-refractivity contribution >= 4 is 0 Å². The summed E-state index contributed by atoms with van der Waals surface area (Å²) in [5.41, 5.74) is 0.457. The van der Waals surface area contributed by atoms with Crippen LogP contribution in [-0.2, 0) is 0 Å². The summed E-state index contributed by atoms with van der Waals surface area (Å²) >= 11 is 0. The molecule has 2 heteroatoms. The lowest BCUT2D eigenvalue weighted by Gasteiger charge is -2.17. The van der Waals surface area contributed by atoms with Gasteiger partial charge in [0.25, 0.3) is 0 Å². The van der Waals surface area contributed by atoms with Crippen LogP contribution in [-0.4, -0.2) is 23.4 Å². The van der Waals surface area contributed by atoms with Gasteiger partial charge in [-0.3, -0.25) is 0 Å². The van der Waals surface area contributed by atoms with Gasteiger partial charge in [0.15, 0.2) is 0 Å². The first-order chi connectivity index (χ1) is 6.99. The van der Waals surface area contributed by atoms with Gasteiger partial charge in [-0.25, -0.2) is 0 Å². The van der Waals surface area contributed by atoms with Gasteiger partial charge in [0, 0.05) is 19.1 Å². The molecule has 0 aliphatic carbocycles. The molecule has 0 aromatic heterocycles. The first kappa shape index (κ1) is 14.9. The standard InChI is InChI=1S/C13H28O2/c1-13(2,3)9-7-5-4-6-8-12(10-14)11-15/h12,14-15H,4-11H2,1-3H3. The molecule has 15 heavy (non-hydrogen) atoms. The van der Waals surface area contributed by atoms with Crippen LogP contribution >= 0.6 is 0 Å². The van der Waals surface area contributed by atoms with Gasteiger partial charge in [-0.1, -0.05) is 46.5 Å². The van der Waals surface area contributed by atoms with Gasteiger partial charge in [0.05, 0.1) is 0 Å². The average Bonchev–Trinajstić information content (AvgIpc) is 2.15. The molecule has 0 saturated carbocycles. The summed E-state index contributed by atoms with van der Waals surface area (Å²) in [4.78, 5) is 0. The normalized spacial score (nSPS) is 12.4. The molecule has 0 fully saturated rings. The van der Waals surface area contributed by atoms with Crippen molar-refractivity contribution in [3.05, 3.63) is 0 Å². The van der Waals surface area contributed by atoms with Crippen LogP contribution in [0.2, 0.25) is 0 Å². The topological polar surface area (TPSA) is 40.5 Å². The zero-order valence-corrected chi connectivity index (χ0v) is 10.6. The molecule has 0 aromatic rings. The van der Waals surface area contributed by atoms with Gasteiger partial charge < -0.3 is 10.2 Å². The van der Waals surface area contributed by atoms with Crippen LogP contribution < -0.4 is 0 Å². The van der Waals surface area contributed by atoms with Gasteiger partial charge in [0.1, 0.15) is 0 Å². The fraction of sp³-hybridized carbons (Fsp3) is 1.00. The van der Waals surface area contributed by atoms with E-state index in [1.54, 1.807) is 0 Å². The summed E-state index contributed by atoms with van der Waals surface area (Å²) < 4.78 is 0. The number of unbranched alkanes of at least 4 members (excludes halogenated alkanes) is 3. The highest BCUT2D eigenvalue weighted by atomic mass is 16.3. The van der Waals surface area contributed by atoms with E-state index in [2.05, 4.69) is 20.8 Å². The Morgan fingerprint density at radius 1 is 0.867 bits per heavy atom. The summed E-state index contributed by atoms with van der Waals surface area (Å²) in [5, 5.41) is 17.8. The highest BCUT2D eigenvalue weighted by Gasteiger charge is 2.09. The number of aliphatic hydroxyl groups is 2. The molecule has 0 saturated heterocycles. The van der Waals surface area contributed by atoms with Crippen molar-refractivity contribution in [2.75, 3.05) is 13.2 Å². The zero-order chi connectivity index (χ0) is 11.7. The van der Waals surface area contributed by atoms with Crippen LogP contribution in [0.3, 0.4) is 0 Å². The van der Waals surface area contributed by atoms with Crippen molar-refractivity contribution in [1.82, 2.24) is 0 Å². The van der Waals surface area contributed by atoms with Gasteiger partial charge in [0.2, 0.25) is 0 Å². The predicted octanol–water partition coefficient (Wildman–Crippen LogP) is 2.97. The molecule has 0 atom stereocenters.